The first-order valence-electron chi connectivity index (χ1n) is 8.24. The number of para-hydroxylation sites is 1. The van der Waals surface area contributed by atoms with E-state index in [4.69, 9.17) is 4.74 Å². The molecule has 138 valence electrons. The second kappa shape index (κ2) is 7.61. The van der Waals surface area contributed by atoms with Crippen LogP contribution in [-0.4, -0.2) is 25.2 Å². The highest BCUT2D eigenvalue weighted by Crippen LogP contribution is 2.33. The second-order valence-corrected chi connectivity index (χ2v) is 8.82. The number of sulfonamides is 1. The fraction of sp³-hybridized carbons (Fsp3) is 0.278. The Labute approximate surface area is 157 Å². The van der Waals surface area contributed by atoms with Crippen LogP contribution in [0.2, 0.25) is 0 Å². The molecule has 0 aliphatic rings. The highest BCUT2D eigenvalue weighted by molar-refractivity contribution is 7.89. The molecule has 0 fully saturated rings. The van der Waals surface area contributed by atoms with Crippen molar-refractivity contribution in [3.8, 4) is 16.3 Å². The minimum Gasteiger partial charge on any atom is -0.494 e. The molecule has 0 bridgehead atoms. The number of ether oxygens (including phenoxy) is 1. The van der Waals surface area contributed by atoms with Crippen LogP contribution in [0.15, 0.2) is 41.3 Å². The molecule has 0 spiro atoms. The molecular formula is C18H21N3O3S2. The molecule has 3 rings (SSSR count). The van der Waals surface area contributed by atoms with Gasteiger partial charge in [0.1, 0.15) is 11.4 Å². The minimum atomic E-state index is -3.63. The number of hydrogen-bond acceptors (Lipinski definition) is 5. The van der Waals surface area contributed by atoms with Gasteiger partial charge in [0.15, 0.2) is 0 Å². The standard InChI is InChI=1S/C18H21N3O3S2/c1-4-24-16-8-6-5-7-14(16)11-19-26(22,23)18-10-17(25-13(18)3)15-9-12(2)20-21-15/h5-10,19H,4,11H2,1-3H3,(H,20,21). The lowest BCUT2D eigenvalue weighted by molar-refractivity contribution is 0.336. The van der Waals surface area contributed by atoms with Gasteiger partial charge in [-0.3, -0.25) is 5.10 Å². The van der Waals surface area contributed by atoms with E-state index in [1.165, 1.54) is 11.3 Å². The summed E-state index contributed by atoms with van der Waals surface area (Å²) in [6, 6.07) is 11.0. The third kappa shape index (κ3) is 3.98. The van der Waals surface area contributed by atoms with Gasteiger partial charge in [0.25, 0.3) is 0 Å². The largest absolute Gasteiger partial charge is 0.494 e. The fourth-order valence-electron chi connectivity index (χ4n) is 2.60. The molecule has 0 saturated heterocycles. The molecule has 2 N–H and O–H groups in total. The lowest BCUT2D eigenvalue weighted by Gasteiger charge is -2.11. The van der Waals surface area contributed by atoms with Gasteiger partial charge < -0.3 is 4.74 Å². The molecule has 26 heavy (non-hydrogen) atoms. The lowest BCUT2D eigenvalue weighted by Crippen LogP contribution is -2.23. The Bertz CT molecular complexity index is 1010. The van der Waals surface area contributed by atoms with Crippen molar-refractivity contribution < 1.29 is 13.2 Å². The predicted molar refractivity (Wildman–Crippen MR) is 103 cm³/mol. The molecule has 6 nitrogen and oxygen atoms in total. The van der Waals surface area contributed by atoms with Gasteiger partial charge in [0.2, 0.25) is 10.0 Å². The summed E-state index contributed by atoms with van der Waals surface area (Å²) in [7, 11) is -3.63. The topological polar surface area (TPSA) is 84.1 Å². The van der Waals surface area contributed by atoms with E-state index in [0.717, 1.165) is 26.7 Å². The van der Waals surface area contributed by atoms with Crippen molar-refractivity contribution in [3.63, 3.8) is 0 Å². The maximum Gasteiger partial charge on any atom is 0.241 e. The molecule has 3 aromatic rings. The first-order valence-corrected chi connectivity index (χ1v) is 10.5. The normalized spacial score (nSPS) is 11.7. The van der Waals surface area contributed by atoms with E-state index in [-0.39, 0.29) is 11.4 Å². The summed E-state index contributed by atoms with van der Waals surface area (Å²) in [5, 5.41) is 7.08. The zero-order valence-electron chi connectivity index (χ0n) is 14.9. The monoisotopic (exact) mass is 391 g/mol. The SMILES string of the molecule is CCOc1ccccc1CNS(=O)(=O)c1cc(-c2cc(C)[nH]n2)sc1C. The molecule has 0 unspecified atom stereocenters. The van der Waals surface area contributed by atoms with Crippen LogP contribution in [-0.2, 0) is 16.6 Å². The van der Waals surface area contributed by atoms with Crippen LogP contribution < -0.4 is 9.46 Å². The molecule has 0 atom stereocenters. The average Bonchev–Trinajstić information content (AvgIpc) is 3.20. The maximum absolute atomic E-state index is 12.8. The Morgan fingerprint density at radius 1 is 1.23 bits per heavy atom. The van der Waals surface area contributed by atoms with Crippen molar-refractivity contribution in [2.75, 3.05) is 6.61 Å². The van der Waals surface area contributed by atoms with Crippen LogP contribution in [0, 0.1) is 13.8 Å². The Kier molecular flexibility index (Phi) is 5.45. The van der Waals surface area contributed by atoms with Crippen LogP contribution in [0.25, 0.3) is 10.6 Å². The van der Waals surface area contributed by atoms with E-state index in [9.17, 15) is 8.42 Å². The van der Waals surface area contributed by atoms with Gasteiger partial charge in [0, 0.05) is 22.7 Å². The zero-order chi connectivity index (χ0) is 18.7. The van der Waals surface area contributed by atoms with Crippen molar-refractivity contribution in [2.45, 2.75) is 32.2 Å². The van der Waals surface area contributed by atoms with Gasteiger partial charge in [0.05, 0.1) is 16.4 Å². The van der Waals surface area contributed by atoms with E-state index in [2.05, 4.69) is 14.9 Å². The summed E-state index contributed by atoms with van der Waals surface area (Å²) in [6.45, 7) is 6.31. The molecule has 0 aliphatic heterocycles. The molecule has 0 saturated carbocycles. The van der Waals surface area contributed by atoms with Crippen molar-refractivity contribution in [1.82, 2.24) is 14.9 Å². The van der Waals surface area contributed by atoms with Gasteiger partial charge in [-0.25, -0.2) is 13.1 Å². The average molecular weight is 392 g/mol. The third-order valence-electron chi connectivity index (χ3n) is 3.85. The van der Waals surface area contributed by atoms with Crippen molar-refractivity contribution in [1.29, 1.82) is 0 Å². The number of aryl methyl sites for hydroxylation is 2. The minimum absolute atomic E-state index is 0.171. The molecular weight excluding hydrogens is 370 g/mol. The third-order valence-corrected chi connectivity index (χ3v) is 6.57. The summed E-state index contributed by atoms with van der Waals surface area (Å²) >= 11 is 1.41. The number of nitrogens with zero attached hydrogens (tertiary/aromatic N) is 1. The number of hydrogen-bond donors (Lipinski definition) is 2. The first kappa shape index (κ1) is 18.6. The molecule has 0 amide bonds. The zero-order valence-corrected chi connectivity index (χ0v) is 16.5. The van der Waals surface area contributed by atoms with Crippen LogP contribution in [0.5, 0.6) is 5.75 Å². The Balaban J connectivity index is 1.82. The van der Waals surface area contributed by atoms with E-state index in [1.54, 1.807) is 13.0 Å². The predicted octanol–water partition coefficient (Wildman–Crippen LogP) is 3.63. The van der Waals surface area contributed by atoms with Gasteiger partial charge in [-0.15, -0.1) is 11.3 Å². The van der Waals surface area contributed by atoms with Crippen molar-refractivity contribution >= 4 is 21.4 Å². The van der Waals surface area contributed by atoms with E-state index >= 15 is 0 Å². The molecule has 0 radical (unpaired) electrons. The first-order chi connectivity index (χ1) is 12.4. The van der Waals surface area contributed by atoms with Crippen LogP contribution in [0.3, 0.4) is 0 Å². The van der Waals surface area contributed by atoms with E-state index in [0.29, 0.717) is 12.4 Å². The molecule has 2 heterocycles. The van der Waals surface area contributed by atoms with Gasteiger partial charge in [-0.2, -0.15) is 5.10 Å². The summed E-state index contributed by atoms with van der Waals surface area (Å²) in [6.07, 6.45) is 0. The number of benzene rings is 1. The Morgan fingerprint density at radius 3 is 2.69 bits per heavy atom. The summed E-state index contributed by atoms with van der Waals surface area (Å²) in [5.74, 6) is 0.687. The number of H-pyrrole nitrogens is 1. The molecule has 0 aliphatic carbocycles. The number of rotatable bonds is 7. The van der Waals surface area contributed by atoms with E-state index in [1.807, 2.05) is 44.2 Å². The van der Waals surface area contributed by atoms with Gasteiger partial charge in [-0.05, 0) is 39.0 Å². The number of aromatic nitrogens is 2. The summed E-state index contributed by atoms with van der Waals surface area (Å²) in [4.78, 5) is 1.83. The lowest BCUT2D eigenvalue weighted by atomic mass is 10.2. The molecule has 2 aromatic heterocycles. The number of thiophene rings is 1. The number of aromatic amines is 1. The van der Waals surface area contributed by atoms with Crippen molar-refractivity contribution in [2.24, 2.45) is 0 Å². The maximum atomic E-state index is 12.8. The Morgan fingerprint density at radius 2 is 2.00 bits per heavy atom. The molecule has 1 aromatic carbocycles. The summed E-state index contributed by atoms with van der Waals surface area (Å²) in [5.41, 5.74) is 2.48. The van der Waals surface area contributed by atoms with Crippen LogP contribution in [0.1, 0.15) is 23.1 Å². The highest BCUT2D eigenvalue weighted by Gasteiger charge is 2.21. The Hall–Kier alpha value is -2.16. The van der Waals surface area contributed by atoms with Crippen molar-refractivity contribution in [3.05, 3.63) is 52.5 Å². The van der Waals surface area contributed by atoms with E-state index < -0.39 is 10.0 Å². The van der Waals surface area contributed by atoms with Crippen LogP contribution in [0.4, 0.5) is 0 Å². The number of nitrogens with one attached hydrogen (secondary N) is 2. The second-order valence-electron chi connectivity index (χ2n) is 5.83. The van der Waals surface area contributed by atoms with Gasteiger partial charge >= 0.3 is 0 Å². The van der Waals surface area contributed by atoms with Crippen LogP contribution >= 0.6 is 11.3 Å². The smallest absolute Gasteiger partial charge is 0.241 e. The molecule has 8 heteroatoms. The fourth-order valence-corrected chi connectivity index (χ4v) is 5.16. The van der Waals surface area contributed by atoms with Gasteiger partial charge in [-0.1, -0.05) is 18.2 Å². The summed E-state index contributed by atoms with van der Waals surface area (Å²) < 4.78 is 33.8. The highest BCUT2D eigenvalue weighted by atomic mass is 32.2. The quantitative estimate of drug-likeness (QED) is 0.644.